The number of carbonyl (C=O) groups excluding carboxylic acids is 2. The van der Waals surface area contributed by atoms with Crippen molar-refractivity contribution in [3.05, 3.63) is 0 Å². The molecule has 0 bridgehead atoms. The van der Waals surface area contributed by atoms with E-state index in [0.717, 1.165) is 25.8 Å². The lowest BCUT2D eigenvalue weighted by atomic mass is 9.97. The minimum Gasteiger partial charge on any atom is -0.338 e. The minimum absolute atomic E-state index is 0.0296. The molecule has 5 heteroatoms. The zero-order valence-corrected chi connectivity index (χ0v) is 14.1. The van der Waals surface area contributed by atoms with Gasteiger partial charge >= 0.3 is 0 Å². The molecule has 0 saturated carbocycles. The van der Waals surface area contributed by atoms with E-state index in [0.29, 0.717) is 6.54 Å². The van der Waals surface area contributed by atoms with Crippen molar-refractivity contribution < 1.29 is 9.59 Å². The van der Waals surface area contributed by atoms with Crippen LogP contribution in [0, 0.1) is 5.92 Å². The van der Waals surface area contributed by atoms with Crippen LogP contribution in [0.2, 0.25) is 0 Å². The number of amides is 2. The van der Waals surface area contributed by atoms with E-state index >= 15 is 0 Å². The van der Waals surface area contributed by atoms with Crippen molar-refractivity contribution in [1.29, 1.82) is 0 Å². The molecule has 0 radical (unpaired) electrons. The van der Waals surface area contributed by atoms with Crippen molar-refractivity contribution in [3.8, 4) is 0 Å². The summed E-state index contributed by atoms with van der Waals surface area (Å²) in [4.78, 5) is 28.1. The highest BCUT2D eigenvalue weighted by molar-refractivity contribution is 5.82. The molecule has 2 amide bonds. The van der Waals surface area contributed by atoms with Gasteiger partial charge in [0.25, 0.3) is 0 Å². The lowest BCUT2D eigenvalue weighted by molar-refractivity contribution is -0.141. The Morgan fingerprint density at radius 3 is 2.33 bits per heavy atom. The molecule has 21 heavy (non-hydrogen) atoms. The van der Waals surface area contributed by atoms with Crippen LogP contribution in [0.5, 0.6) is 0 Å². The number of nitrogens with zero attached hydrogens (tertiary/aromatic N) is 2. The largest absolute Gasteiger partial charge is 0.338 e. The van der Waals surface area contributed by atoms with Crippen LogP contribution in [0.15, 0.2) is 0 Å². The number of rotatable bonds is 5. The molecular formula is C16H31N3O2. The van der Waals surface area contributed by atoms with Gasteiger partial charge in [-0.1, -0.05) is 13.8 Å². The van der Waals surface area contributed by atoms with Crippen LogP contribution >= 0.6 is 0 Å². The van der Waals surface area contributed by atoms with E-state index in [1.807, 2.05) is 37.5 Å². The molecular weight excluding hydrogens is 266 g/mol. The topological polar surface area (TPSA) is 66.6 Å². The van der Waals surface area contributed by atoms with Crippen molar-refractivity contribution in [3.63, 3.8) is 0 Å². The number of carbonyl (C=O) groups is 2. The van der Waals surface area contributed by atoms with Gasteiger partial charge in [-0.3, -0.25) is 9.59 Å². The Morgan fingerprint density at radius 2 is 1.86 bits per heavy atom. The lowest BCUT2D eigenvalue weighted by Crippen LogP contribution is -2.56. The van der Waals surface area contributed by atoms with E-state index in [2.05, 4.69) is 0 Å². The number of piperidine rings is 1. The number of nitrogens with two attached hydrogens (primary N) is 1. The van der Waals surface area contributed by atoms with Gasteiger partial charge in [0.15, 0.2) is 0 Å². The van der Waals surface area contributed by atoms with Crippen molar-refractivity contribution in [2.75, 3.05) is 13.1 Å². The van der Waals surface area contributed by atoms with Crippen LogP contribution in [0.1, 0.15) is 53.9 Å². The summed E-state index contributed by atoms with van der Waals surface area (Å²) in [6, 6.07) is -0.196. The molecule has 0 aromatic rings. The Kier molecular flexibility index (Phi) is 6.65. The summed E-state index contributed by atoms with van der Waals surface area (Å²) in [6.45, 7) is 10.9. The summed E-state index contributed by atoms with van der Waals surface area (Å²) in [5.74, 6) is 0.229. The quantitative estimate of drug-likeness (QED) is 0.838. The lowest BCUT2D eigenvalue weighted by Gasteiger charge is -2.41. The maximum atomic E-state index is 12.6. The van der Waals surface area contributed by atoms with Gasteiger partial charge in [0.2, 0.25) is 11.8 Å². The van der Waals surface area contributed by atoms with Gasteiger partial charge in [0.05, 0.1) is 6.04 Å². The highest BCUT2D eigenvalue weighted by Crippen LogP contribution is 2.21. The molecule has 2 atom stereocenters. The number of hydrogen-bond acceptors (Lipinski definition) is 3. The molecule has 1 saturated heterocycles. The fourth-order valence-electron chi connectivity index (χ4n) is 2.89. The molecule has 5 nitrogen and oxygen atoms in total. The third kappa shape index (κ3) is 4.70. The predicted octanol–water partition coefficient (Wildman–Crippen LogP) is 1.61. The molecule has 1 heterocycles. The molecule has 2 N–H and O–H groups in total. The smallest absolute Gasteiger partial charge is 0.240 e. The normalized spacial score (nSPS) is 20.8. The molecule has 1 fully saturated rings. The fraction of sp³-hybridized carbons (Fsp3) is 0.875. The second-order valence-electron chi connectivity index (χ2n) is 6.72. The van der Waals surface area contributed by atoms with Gasteiger partial charge in [-0.2, -0.15) is 0 Å². The standard InChI is InChI=1S/C16H31N3O2/c1-11(2)15(17)16(21)18-9-7-6-8-14(18)10-19(12(3)4)13(5)20/h11-12,14-15H,6-10,17H2,1-5H3/t14-,15+/m1/s1. The van der Waals surface area contributed by atoms with Crippen LogP contribution in [0.4, 0.5) is 0 Å². The summed E-state index contributed by atoms with van der Waals surface area (Å²) in [7, 11) is 0. The Morgan fingerprint density at radius 1 is 1.24 bits per heavy atom. The summed E-state index contributed by atoms with van der Waals surface area (Å²) in [5, 5.41) is 0. The summed E-state index contributed by atoms with van der Waals surface area (Å²) >= 11 is 0. The Bertz CT molecular complexity index is 369. The fourth-order valence-corrected chi connectivity index (χ4v) is 2.89. The summed E-state index contributed by atoms with van der Waals surface area (Å²) in [6.07, 6.45) is 3.08. The molecule has 1 rings (SSSR count). The molecule has 1 aliphatic heterocycles. The molecule has 0 spiro atoms. The highest BCUT2D eigenvalue weighted by Gasteiger charge is 2.32. The molecule has 122 valence electrons. The van der Waals surface area contributed by atoms with E-state index in [1.165, 1.54) is 0 Å². The molecule has 0 unspecified atom stereocenters. The molecule has 0 aromatic carbocycles. The van der Waals surface area contributed by atoms with E-state index in [9.17, 15) is 9.59 Å². The van der Waals surface area contributed by atoms with Crippen LogP contribution in [0.3, 0.4) is 0 Å². The first kappa shape index (κ1) is 18.0. The highest BCUT2D eigenvalue weighted by atomic mass is 16.2. The van der Waals surface area contributed by atoms with Crippen molar-refractivity contribution in [1.82, 2.24) is 9.80 Å². The van der Waals surface area contributed by atoms with Crippen molar-refractivity contribution in [2.24, 2.45) is 11.7 Å². The van der Waals surface area contributed by atoms with Gasteiger partial charge in [0, 0.05) is 32.1 Å². The molecule has 1 aliphatic rings. The first-order valence-corrected chi connectivity index (χ1v) is 8.09. The van der Waals surface area contributed by atoms with Gasteiger partial charge in [-0.15, -0.1) is 0 Å². The van der Waals surface area contributed by atoms with Crippen LogP contribution in [-0.2, 0) is 9.59 Å². The van der Waals surface area contributed by atoms with E-state index in [-0.39, 0.29) is 29.8 Å². The van der Waals surface area contributed by atoms with Crippen LogP contribution in [-0.4, -0.2) is 52.8 Å². The Balaban J connectivity index is 2.82. The van der Waals surface area contributed by atoms with Gasteiger partial charge in [0.1, 0.15) is 0 Å². The van der Waals surface area contributed by atoms with E-state index < -0.39 is 6.04 Å². The second kappa shape index (κ2) is 7.78. The van der Waals surface area contributed by atoms with Crippen LogP contribution < -0.4 is 5.73 Å². The summed E-state index contributed by atoms with van der Waals surface area (Å²) < 4.78 is 0. The van der Waals surface area contributed by atoms with E-state index in [1.54, 1.807) is 6.92 Å². The zero-order chi connectivity index (χ0) is 16.2. The Hall–Kier alpha value is -1.10. The average molecular weight is 297 g/mol. The van der Waals surface area contributed by atoms with Crippen molar-refractivity contribution in [2.45, 2.75) is 72.0 Å². The van der Waals surface area contributed by atoms with Crippen LogP contribution in [0.25, 0.3) is 0 Å². The third-order valence-corrected chi connectivity index (χ3v) is 4.35. The average Bonchev–Trinajstić information content (AvgIpc) is 2.42. The van der Waals surface area contributed by atoms with Crippen molar-refractivity contribution >= 4 is 11.8 Å². The van der Waals surface area contributed by atoms with Gasteiger partial charge in [-0.25, -0.2) is 0 Å². The maximum absolute atomic E-state index is 12.6. The molecule has 0 aliphatic carbocycles. The first-order valence-electron chi connectivity index (χ1n) is 8.09. The second-order valence-corrected chi connectivity index (χ2v) is 6.72. The Labute approximate surface area is 128 Å². The predicted molar refractivity (Wildman–Crippen MR) is 84.7 cm³/mol. The zero-order valence-electron chi connectivity index (χ0n) is 14.1. The third-order valence-electron chi connectivity index (χ3n) is 4.35. The van der Waals surface area contributed by atoms with E-state index in [4.69, 9.17) is 5.73 Å². The maximum Gasteiger partial charge on any atom is 0.240 e. The summed E-state index contributed by atoms with van der Waals surface area (Å²) in [5.41, 5.74) is 6.03. The monoisotopic (exact) mass is 297 g/mol. The number of likely N-dealkylation sites (tertiary alicyclic amines) is 1. The van der Waals surface area contributed by atoms with Gasteiger partial charge < -0.3 is 15.5 Å². The minimum atomic E-state index is -0.449. The SMILES string of the molecule is CC(=O)N(C[C@H]1CCCCN1C(=O)[C@@H](N)C(C)C)C(C)C. The number of hydrogen-bond donors (Lipinski definition) is 1. The first-order chi connectivity index (χ1) is 9.75. The molecule has 0 aromatic heterocycles. The van der Waals surface area contributed by atoms with Gasteiger partial charge in [-0.05, 0) is 39.0 Å².